The lowest BCUT2D eigenvalue weighted by molar-refractivity contribution is 0.583. The van der Waals surface area contributed by atoms with E-state index in [1.54, 1.807) is 6.26 Å². The van der Waals surface area contributed by atoms with E-state index in [9.17, 15) is 0 Å². The second-order valence-corrected chi connectivity index (χ2v) is 8.85. The summed E-state index contributed by atoms with van der Waals surface area (Å²) in [5.41, 5.74) is 5.15. The molecule has 3 nitrogen and oxygen atoms in total. The fourth-order valence-electron chi connectivity index (χ4n) is 2.82. The predicted molar refractivity (Wildman–Crippen MR) is 110 cm³/mol. The van der Waals surface area contributed by atoms with E-state index in [0.717, 1.165) is 11.1 Å². The summed E-state index contributed by atoms with van der Waals surface area (Å²) in [4.78, 5) is 0. The minimum absolute atomic E-state index is 0.195. The lowest BCUT2D eigenvalue weighted by Crippen LogP contribution is -2.10. The second-order valence-electron chi connectivity index (χ2n) is 8.85. The first kappa shape index (κ1) is 18.2. The van der Waals surface area contributed by atoms with Gasteiger partial charge in [-0.3, -0.25) is 5.10 Å². The Bertz CT molecular complexity index is 926. The van der Waals surface area contributed by atoms with Crippen LogP contribution in [0.4, 0.5) is 0 Å². The molecule has 0 spiro atoms. The Morgan fingerprint density at radius 1 is 0.769 bits per heavy atom. The largest absolute Gasteiger partial charge is 0.464 e. The van der Waals surface area contributed by atoms with Crippen molar-refractivity contribution >= 4 is 21.9 Å². The fraction of sp³-hybridized carbons (Fsp3) is 0.348. The molecule has 0 bridgehead atoms. The third kappa shape index (κ3) is 3.98. The van der Waals surface area contributed by atoms with Crippen LogP contribution in [0, 0.1) is 0 Å². The minimum atomic E-state index is 0.195. The Morgan fingerprint density at radius 2 is 1.38 bits per heavy atom. The van der Waals surface area contributed by atoms with Crippen LogP contribution in [0.15, 0.2) is 59.3 Å². The highest BCUT2D eigenvalue weighted by atomic mass is 16.3. The monoisotopic (exact) mass is 348 g/mol. The standard InChI is InChI=1S/C12H14O.C11H14N2/c1-12(2,3)10-5-4-9-6-7-13-11(9)8-10;1-11(2,3)9-5-4-8-7-12-13-10(8)6-9/h4-8H,1-3H3;4-7H,1-3H3,(H,12,13). The summed E-state index contributed by atoms with van der Waals surface area (Å²) in [6, 6.07) is 14.8. The molecule has 0 amide bonds. The maximum atomic E-state index is 5.35. The molecule has 26 heavy (non-hydrogen) atoms. The zero-order valence-electron chi connectivity index (χ0n) is 16.6. The Morgan fingerprint density at radius 3 is 2.04 bits per heavy atom. The molecule has 2 aromatic heterocycles. The maximum absolute atomic E-state index is 5.35. The van der Waals surface area contributed by atoms with E-state index in [1.165, 1.54) is 21.9 Å². The van der Waals surface area contributed by atoms with Crippen LogP contribution in [0.3, 0.4) is 0 Å². The van der Waals surface area contributed by atoms with E-state index in [-0.39, 0.29) is 10.8 Å². The van der Waals surface area contributed by atoms with E-state index < -0.39 is 0 Å². The molecule has 2 aromatic carbocycles. The lowest BCUT2D eigenvalue weighted by atomic mass is 9.87. The van der Waals surface area contributed by atoms with E-state index in [4.69, 9.17) is 4.42 Å². The van der Waals surface area contributed by atoms with Gasteiger partial charge in [0.25, 0.3) is 0 Å². The molecule has 1 N–H and O–H groups in total. The number of aromatic amines is 1. The molecule has 4 rings (SSSR count). The van der Waals surface area contributed by atoms with Crippen molar-refractivity contribution in [1.29, 1.82) is 0 Å². The molecule has 0 aliphatic rings. The molecule has 0 aliphatic carbocycles. The smallest absolute Gasteiger partial charge is 0.134 e. The van der Waals surface area contributed by atoms with Crippen LogP contribution in [-0.4, -0.2) is 10.2 Å². The first-order chi connectivity index (χ1) is 12.1. The summed E-state index contributed by atoms with van der Waals surface area (Å²) < 4.78 is 5.35. The van der Waals surface area contributed by atoms with Crippen LogP contribution in [-0.2, 0) is 10.8 Å². The number of fused-ring (bicyclic) bond motifs is 2. The topological polar surface area (TPSA) is 41.8 Å². The van der Waals surface area contributed by atoms with Crippen LogP contribution in [0.5, 0.6) is 0 Å². The zero-order valence-corrected chi connectivity index (χ0v) is 16.6. The fourth-order valence-corrected chi connectivity index (χ4v) is 2.82. The lowest BCUT2D eigenvalue weighted by Gasteiger charge is -2.18. The molecule has 0 saturated carbocycles. The number of hydrogen-bond acceptors (Lipinski definition) is 2. The number of rotatable bonds is 0. The van der Waals surface area contributed by atoms with Crippen LogP contribution in [0.25, 0.3) is 21.9 Å². The van der Waals surface area contributed by atoms with E-state index in [1.807, 2.05) is 12.3 Å². The molecule has 0 unspecified atom stereocenters. The first-order valence-electron chi connectivity index (χ1n) is 9.06. The van der Waals surface area contributed by atoms with E-state index in [0.29, 0.717) is 0 Å². The van der Waals surface area contributed by atoms with Crippen LogP contribution in [0.2, 0.25) is 0 Å². The molecule has 3 heteroatoms. The number of aromatic nitrogens is 2. The van der Waals surface area contributed by atoms with E-state index in [2.05, 4.69) is 88.1 Å². The molecule has 0 atom stereocenters. The third-order valence-corrected chi connectivity index (χ3v) is 4.63. The average molecular weight is 348 g/mol. The normalized spacial score (nSPS) is 12.2. The van der Waals surface area contributed by atoms with Crippen LogP contribution >= 0.6 is 0 Å². The molecular weight excluding hydrogens is 320 g/mol. The molecule has 4 aromatic rings. The highest BCUT2D eigenvalue weighted by molar-refractivity contribution is 5.79. The molecule has 0 aliphatic heterocycles. The molecule has 0 saturated heterocycles. The summed E-state index contributed by atoms with van der Waals surface area (Å²) in [5, 5.41) is 9.33. The molecular formula is C23H28N2O. The minimum Gasteiger partial charge on any atom is -0.464 e. The molecule has 136 valence electrons. The second kappa shape index (κ2) is 6.64. The highest BCUT2D eigenvalue weighted by Gasteiger charge is 2.14. The summed E-state index contributed by atoms with van der Waals surface area (Å²) in [7, 11) is 0. The third-order valence-electron chi connectivity index (χ3n) is 4.63. The quantitative estimate of drug-likeness (QED) is 0.389. The Hall–Kier alpha value is -2.55. The van der Waals surface area contributed by atoms with E-state index >= 15 is 0 Å². The van der Waals surface area contributed by atoms with Gasteiger partial charge in [-0.25, -0.2) is 0 Å². The van der Waals surface area contributed by atoms with Crippen molar-refractivity contribution in [2.75, 3.05) is 0 Å². The van der Waals surface area contributed by atoms with Gasteiger partial charge in [0.2, 0.25) is 0 Å². The van der Waals surface area contributed by atoms with Gasteiger partial charge < -0.3 is 4.42 Å². The average Bonchev–Trinajstić information content (AvgIpc) is 3.21. The van der Waals surface area contributed by atoms with Crippen LogP contribution in [0.1, 0.15) is 52.7 Å². The van der Waals surface area contributed by atoms with Crippen molar-refractivity contribution in [3.8, 4) is 0 Å². The Labute approximate surface area is 155 Å². The Kier molecular flexibility index (Phi) is 4.66. The molecule has 2 heterocycles. The van der Waals surface area contributed by atoms with Gasteiger partial charge in [-0.15, -0.1) is 0 Å². The van der Waals surface area contributed by atoms with Gasteiger partial charge in [0.05, 0.1) is 18.0 Å². The van der Waals surface area contributed by atoms with Crippen molar-refractivity contribution in [3.63, 3.8) is 0 Å². The van der Waals surface area contributed by atoms with Crippen molar-refractivity contribution in [3.05, 3.63) is 66.1 Å². The Balaban J connectivity index is 0.000000151. The SMILES string of the molecule is CC(C)(C)c1ccc2ccoc2c1.CC(C)(C)c1ccc2cn[nH]c2c1. The number of benzene rings is 2. The van der Waals surface area contributed by atoms with Crippen LogP contribution < -0.4 is 0 Å². The zero-order chi connectivity index (χ0) is 18.9. The number of nitrogens with one attached hydrogen (secondary N) is 1. The van der Waals surface area contributed by atoms with Crippen molar-refractivity contribution in [2.45, 2.75) is 52.4 Å². The van der Waals surface area contributed by atoms with Gasteiger partial charge in [-0.2, -0.15) is 5.10 Å². The predicted octanol–water partition coefficient (Wildman–Crippen LogP) is 6.59. The number of H-pyrrole nitrogens is 1. The van der Waals surface area contributed by atoms with Crippen molar-refractivity contribution < 1.29 is 4.42 Å². The first-order valence-corrected chi connectivity index (χ1v) is 9.06. The van der Waals surface area contributed by atoms with Gasteiger partial charge in [0.1, 0.15) is 5.58 Å². The number of nitrogens with zero attached hydrogens (tertiary/aromatic N) is 1. The van der Waals surface area contributed by atoms with Crippen molar-refractivity contribution in [1.82, 2.24) is 10.2 Å². The molecule has 0 fully saturated rings. The maximum Gasteiger partial charge on any atom is 0.134 e. The number of hydrogen-bond donors (Lipinski definition) is 1. The van der Waals surface area contributed by atoms with Gasteiger partial charge in [-0.05, 0) is 40.2 Å². The summed E-state index contributed by atoms with van der Waals surface area (Å²) in [6.07, 6.45) is 3.58. The van der Waals surface area contributed by atoms with Gasteiger partial charge in [0, 0.05) is 10.8 Å². The van der Waals surface area contributed by atoms with Gasteiger partial charge in [-0.1, -0.05) is 65.8 Å². The van der Waals surface area contributed by atoms with Crippen molar-refractivity contribution in [2.24, 2.45) is 0 Å². The van der Waals surface area contributed by atoms with Gasteiger partial charge >= 0.3 is 0 Å². The summed E-state index contributed by atoms with van der Waals surface area (Å²) in [6.45, 7) is 13.3. The number of furan rings is 1. The summed E-state index contributed by atoms with van der Waals surface area (Å²) >= 11 is 0. The summed E-state index contributed by atoms with van der Waals surface area (Å²) in [5.74, 6) is 0. The highest BCUT2D eigenvalue weighted by Crippen LogP contribution is 2.26. The molecule has 0 radical (unpaired) electrons. The van der Waals surface area contributed by atoms with Gasteiger partial charge in [0.15, 0.2) is 0 Å².